The summed E-state index contributed by atoms with van der Waals surface area (Å²) >= 11 is 10.5. The Morgan fingerprint density at radius 2 is 1.18 bits per heavy atom. The van der Waals surface area contributed by atoms with Crippen molar-refractivity contribution in [2.45, 2.75) is 0 Å². The number of hydrogen-bond acceptors (Lipinski definition) is 5. The highest BCUT2D eigenvalue weighted by Crippen LogP contribution is 2.00. The van der Waals surface area contributed by atoms with Gasteiger partial charge in [-0.2, -0.15) is 0 Å². The molecular formula is C10H12Cl2O5. The first-order chi connectivity index (χ1) is 7.95. The Bertz CT molecular complexity index is 284. The summed E-state index contributed by atoms with van der Waals surface area (Å²) in [6, 6.07) is 0. The molecule has 0 rings (SSSR count). The zero-order valence-corrected chi connectivity index (χ0v) is 10.6. The van der Waals surface area contributed by atoms with Gasteiger partial charge >= 0.3 is 11.9 Å². The Balaban J connectivity index is 3.36. The number of hydrogen-bond donors (Lipinski definition) is 0. The van der Waals surface area contributed by atoms with Crippen LogP contribution in [-0.4, -0.2) is 38.4 Å². The van der Waals surface area contributed by atoms with Crippen LogP contribution in [0.1, 0.15) is 0 Å². The van der Waals surface area contributed by atoms with E-state index in [1.807, 2.05) is 0 Å². The van der Waals surface area contributed by atoms with Crippen molar-refractivity contribution in [2.24, 2.45) is 0 Å². The van der Waals surface area contributed by atoms with Gasteiger partial charge in [0.25, 0.3) is 0 Å². The standard InChI is InChI=1S/C10H12Cl2O5/c1-7(11)9(13)16-5-3-15-4-6-17-10(14)8(2)12/h1-6H2. The van der Waals surface area contributed by atoms with Crippen molar-refractivity contribution < 1.29 is 23.8 Å². The fraction of sp³-hybridized carbons (Fsp3) is 0.400. The van der Waals surface area contributed by atoms with E-state index in [0.717, 1.165) is 0 Å². The first-order valence-corrected chi connectivity index (χ1v) is 5.31. The van der Waals surface area contributed by atoms with Crippen LogP contribution in [0.3, 0.4) is 0 Å². The average Bonchev–Trinajstić information content (AvgIpc) is 2.26. The molecule has 0 aliphatic carbocycles. The molecule has 0 fully saturated rings. The van der Waals surface area contributed by atoms with Crippen LogP contribution in [0, 0.1) is 0 Å². The summed E-state index contributed by atoms with van der Waals surface area (Å²) in [6.45, 7) is 6.79. The number of esters is 2. The molecule has 0 aromatic rings. The van der Waals surface area contributed by atoms with Gasteiger partial charge in [0.15, 0.2) is 0 Å². The Labute approximate surface area is 109 Å². The van der Waals surface area contributed by atoms with Crippen molar-refractivity contribution in [3.63, 3.8) is 0 Å². The second kappa shape index (κ2) is 9.04. The lowest BCUT2D eigenvalue weighted by Crippen LogP contribution is -2.14. The third-order valence-electron chi connectivity index (χ3n) is 1.36. The molecule has 0 N–H and O–H groups in total. The smallest absolute Gasteiger partial charge is 0.349 e. The van der Waals surface area contributed by atoms with Crippen molar-refractivity contribution in [2.75, 3.05) is 26.4 Å². The summed E-state index contributed by atoms with van der Waals surface area (Å²) < 4.78 is 14.3. The molecule has 0 aromatic carbocycles. The highest BCUT2D eigenvalue weighted by molar-refractivity contribution is 6.41. The van der Waals surface area contributed by atoms with Crippen LogP contribution in [0.5, 0.6) is 0 Å². The fourth-order valence-electron chi connectivity index (χ4n) is 0.645. The molecule has 0 aromatic heterocycles. The van der Waals surface area contributed by atoms with Crippen LogP contribution < -0.4 is 0 Å². The Morgan fingerprint density at radius 1 is 0.824 bits per heavy atom. The summed E-state index contributed by atoms with van der Waals surface area (Å²) in [5.41, 5.74) is 0. The molecule has 96 valence electrons. The molecule has 7 heteroatoms. The second-order valence-corrected chi connectivity index (χ2v) is 3.61. The maximum atomic E-state index is 10.8. The normalized spacial score (nSPS) is 9.53. The molecule has 0 bridgehead atoms. The Hall–Kier alpha value is -1.04. The van der Waals surface area contributed by atoms with Gasteiger partial charge in [-0.1, -0.05) is 36.4 Å². The van der Waals surface area contributed by atoms with Gasteiger partial charge in [-0.15, -0.1) is 0 Å². The second-order valence-electron chi connectivity index (χ2n) is 2.69. The number of halogens is 2. The van der Waals surface area contributed by atoms with E-state index in [9.17, 15) is 9.59 Å². The largest absolute Gasteiger partial charge is 0.459 e. The number of ether oxygens (including phenoxy) is 3. The molecule has 0 spiro atoms. The Morgan fingerprint density at radius 3 is 1.47 bits per heavy atom. The quantitative estimate of drug-likeness (QED) is 0.384. The van der Waals surface area contributed by atoms with Gasteiger partial charge in [0.05, 0.1) is 13.2 Å². The molecule has 5 nitrogen and oxygen atoms in total. The summed E-state index contributed by atoms with van der Waals surface area (Å²) in [7, 11) is 0. The van der Waals surface area contributed by atoms with Gasteiger partial charge < -0.3 is 14.2 Å². The van der Waals surface area contributed by atoms with Gasteiger partial charge in [0.1, 0.15) is 23.3 Å². The van der Waals surface area contributed by atoms with E-state index in [0.29, 0.717) is 0 Å². The summed E-state index contributed by atoms with van der Waals surface area (Å²) in [5, 5.41) is -0.390. The molecule has 0 amide bonds. The molecule has 0 aliphatic heterocycles. The van der Waals surface area contributed by atoms with Gasteiger partial charge in [0.2, 0.25) is 0 Å². The van der Waals surface area contributed by atoms with Crippen molar-refractivity contribution in [3.05, 3.63) is 23.2 Å². The van der Waals surface area contributed by atoms with E-state index >= 15 is 0 Å². The highest BCUT2D eigenvalue weighted by atomic mass is 35.5. The summed E-state index contributed by atoms with van der Waals surface area (Å²) in [4.78, 5) is 21.6. The monoisotopic (exact) mass is 282 g/mol. The van der Waals surface area contributed by atoms with E-state index in [-0.39, 0.29) is 36.5 Å². The van der Waals surface area contributed by atoms with Crippen LogP contribution in [0.25, 0.3) is 0 Å². The van der Waals surface area contributed by atoms with E-state index in [4.69, 9.17) is 27.9 Å². The molecule has 0 saturated carbocycles. The minimum absolute atomic E-state index is 0.0424. The van der Waals surface area contributed by atoms with Crippen molar-refractivity contribution >= 4 is 35.1 Å². The average molecular weight is 283 g/mol. The lowest BCUT2D eigenvalue weighted by molar-refractivity contribution is -0.141. The van der Waals surface area contributed by atoms with Gasteiger partial charge in [-0.3, -0.25) is 0 Å². The number of carbonyl (C=O) groups is 2. The van der Waals surface area contributed by atoms with Crippen molar-refractivity contribution in [1.29, 1.82) is 0 Å². The van der Waals surface area contributed by atoms with Crippen LogP contribution in [0.15, 0.2) is 23.2 Å². The van der Waals surface area contributed by atoms with Gasteiger partial charge in [-0.25, -0.2) is 9.59 Å². The van der Waals surface area contributed by atoms with Crippen LogP contribution in [0.4, 0.5) is 0 Å². The zero-order chi connectivity index (χ0) is 13.3. The SMILES string of the molecule is C=C(Cl)C(=O)OCCOCCOC(=O)C(=C)Cl. The number of carbonyl (C=O) groups excluding carboxylic acids is 2. The Kier molecular flexibility index (Phi) is 8.49. The van der Waals surface area contributed by atoms with Gasteiger partial charge in [0, 0.05) is 0 Å². The lowest BCUT2D eigenvalue weighted by atomic mass is 10.6. The van der Waals surface area contributed by atoms with Crippen molar-refractivity contribution in [3.8, 4) is 0 Å². The predicted molar refractivity (Wildman–Crippen MR) is 62.7 cm³/mol. The minimum Gasteiger partial charge on any atom is -0.459 e. The van der Waals surface area contributed by atoms with Crippen LogP contribution in [-0.2, 0) is 23.8 Å². The first kappa shape index (κ1) is 16.0. The summed E-state index contributed by atoms with van der Waals surface area (Å²) in [6.07, 6.45) is 0. The zero-order valence-electron chi connectivity index (χ0n) is 9.04. The van der Waals surface area contributed by atoms with E-state index in [1.165, 1.54) is 0 Å². The van der Waals surface area contributed by atoms with E-state index < -0.39 is 11.9 Å². The van der Waals surface area contributed by atoms with Crippen LogP contribution in [0.2, 0.25) is 0 Å². The molecular weight excluding hydrogens is 271 g/mol. The molecule has 17 heavy (non-hydrogen) atoms. The molecule has 0 unspecified atom stereocenters. The summed E-state index contributed by atoms with van der Waals surface area (Å²) in [5.74, 6) is -1.39. The first-order valence-electron chi connectivity index (χ1n) is 4.56. The highest BCUT2D eigenvalue weighted by Gasteiger charge is 2.05. The fourth-order valence-corrected chi connectivity index (χ4v) is 0.754. The van der Waals surface area contributed by atoms with E-state index in [2.05, 4.69) is 22.6 Å². The van der Waals surface area contributed by atoms with Gasteiger partial charge in [-0.05, 0) is 0 Å². The molecule has 0 aliphatic rings. The van der Waals surface area contributed by atoms with E-state index in [1.54, 1.807) is 0 Å². The molecule has 0 atom stereocenters. The molecule has 0 heterocycles. The third-order valence-corrected chi connectivity index (χ3v) is 1.67. The molecule has 0 radical (unpaired) electrons. The number of rotatable bonds is 8. The predicted octanol–water partition coefficient (Wildman–Crippen LogP) is 1.59. The lowest BCUT2D eigenvalue weighted by Gasteiger charge is -2.06. The maximum absolute atomic E-state index is 10.8. The topological polar surface area (TPSA) is 61.8 Å². The maximum Gasteiger partial charge on any atom is 0.349 e. The minimum atomic E-state index is -0.694. The third kappa shape index (κ3) is 8.74. The molecule has 0 saturated heterocycles. The van der Waals surface area contributed by atoms with Crippen LogP contribution >= 0.6 is 23.2 Å². The van der Waals surface area contributed by atoms with Crippen molar-refractivity contribution in [1.82, 2.24) is 0 Å².